The van der Waals surface area contributed by atoms with Crippen LogP contribution in [0.2, 0.25) is 5.02 Å². The lowest BCUT2D eigenvalue weighted by atomic mass is 10.2. The molecule has 0 saturated carbocycles. The van der Waals surface area contributed by atoms with Crippen molar-refractivity contribution in [3.8, 4) is 0 Å². The number of nitrogen functional groups attached to an aromatic ring is 1. The Hall–Kier alpha value is -1.37. The number of nitrogens with two attached hydrogens (primary N) is 1. The number of piperazine rings is 1. The van der Waals surface area contributed by atoms with E-state index in [2.05, 4.69) is 15.2 Å². The lowest BCUT2D eigenvalue weighted by Crippen LogP contribution is -3.00. The summed E-state index contributed by atoms with van der Waals surface area (Å²) < 4.78 is 4.84. The first-order valence-electron chi connectivity index (χ1n) is 6.12. The van der Waals surface area contributed by atoms with E-state index < -0.39 is 0 Å². The average molecular weight is 353 g/mol. The number of hydrogen-bond acceptors (Lipinski definition) is 5. The molecule has 9 heteroatoms. The van der Waals surface area contributed by atoms with Gasteiger partial charge in [0.25, 0.3) is 0 Å². The van der Waals surface area contributed by atoms with Gasteiger partial charge in [-0.25, -0.2) is 5.01 Å². The van der Waals surface area contributed by atoms with Gasteiger partial charge in [-0.1, -0.05) is 11.6 Å². The Kier molecular flexibility index (Phi) is 6.39. The fraction of sp³-hybridized carbons (Fsp3) is 0.333. The standard InChI is InChI=1S/C12H15ClN5O.2ClH/c13-10-1-3-11(4-2-10)16-5-7-17(8-6-16)18-12(14)9-19-15-18;;/h1-4,9H,5-8,14H2;2*1H/q+1;;/p-1. The first-order chi connectivity index (χ1) is 9.24. The van der Waals surface area contributed by atoms with Crippen molar-refractivity contribution in [1.29, 1.82) is 0 Å². The zero-order chi connectivity index (χ0) is 13.2. The summed E-state index contributed by atoms with van der Waals surface area (Å²) in [5.74, 6) is 0.514. The van der Waals surface area contributed by atoms with Crippen LogP contribution in [0.3, 0.4) is 0 Å². The van der Waals surface area contributed by atoms with Crippen LogP contribution in [0.25, 0.3) is 0 Å². The van der Waals surface area contributed by atoms with E-state index in [1.54, 1.807) is 4.79 Å². The van der Waals surface area contributed by atoms with Gasteiger partial charge in [0.15, 0.2) is 0 Å². The normalized spacial score (nSPS) is 14.3. The van der Waals surface area contributed by atoms with Gasteiger partial charge in [-0.3, -0.25) is 5.73 Å². The third-order valence-electron chi connectivity index (χ3n) is 3.24. The Morgan fingerprint density at radius 2 is 1.76 bits per heavy atom. The van der Waals surface area contributed by atoms with Crippen LogP contribution >= 0.6 is 24.0 Å². The van der Waals surface area contributed by atoms with Crippen molar-refractivity contribution < 1.29 is 21.7 Å². The lowest BCUT2D eigenvalue weighted by Gasteiger charge is -2.33. The molecule has 1 saturated heterocycles. The molecule has 0 aliphatic carbocycles. The molecule has 1 aliphatic rings. The van der Waals surface area contributed by atoms with E-state index in [0.29, 0.717) is 5.82 Å². The minimum absolute atomic E-state index is 0. The molecule has 1 aliphatic heterocycles. The molecule has 21 heavy (non-hydrogen) atoms. The van der Waals surface area contributed by atoms with E-state index in [1.165, 1.54) is 12.0 Å². The Balaban J connectivity index is 0.00000110. The molecular formula is C12H16Cl3N5O. The summed E-state index contributed by atoms with van der Waals surface area (Å²) in [5.41, 5.74) is 6.95. The highest BCUT2D eigenvalue weighted by molar-refractivity contribution is 6.30. The molecule has 0 bridgehead atoms. The van der Waals surface area contributed by atoms with Gasteiger partial charge in [-0.05, 0) is 24.3 Å². The first-order valence-corrected chi connectivity index (χ1v) is 6.50. The molecule has 0 unspecified atom stereocenters. The Morgan fingerprint density at radius 1 is 1.14 bits per heavy atom. The smallest absolute Gasteiger partial charge is 0.360 e. The number of benzene rings is 1. The molecule has 116 valence electrons. The van der Waals surface area contributed by atoms with Crippen molar-refractivity contribution in [2.45, 2.75) is 0 Å². The van der Waals surface area contributed by atoms with E-state index >= 15 is 0 Å². The van der Waals surface area contributed by atoms with Crippen molar-refractivity contribution in [2.24, 2.45) is 0 Å². The molecule has 2 heterocycles. The summed E-state index contributed by atoms with van der Waals surface area (Å²) in [4.78, 5) is 3.92. The lowest BCUT2D eigenvalue weighted by molar-refractivity contribution is -0.746. The number of anilines is 2. The molecule has 2 aromatic rings. The quantitative estimate of drug-likeness (QED) is 0.639. The Labute approximate surface area is 140 Å². The Morgan fingerprint density at radius 3 is 2.29 bits per heavy atom. The highest BCUT2D eigenvalue weighted by Gasteiger charge is 2.24. The monoisotopic (exact) mass is 351 g/mol. The summed E-state index contributed by atoms with van der Waals surface area (Å²) in [6, 6.07) is 7.90. The molecular weight excluding hydrogens is 337 g/mol. The van der Waals surface area contributed by atoms with Crippen LogP contribution < -0.4 is 32.8 Å². The van der Waals surface area contributed by atoms with Gasteiger partial charge in [-0.2, -0.15) is 0 Å². The highest BCUT2D eigenvalue weighted by atomic mass is 35.5. The van der Waals surface area contributed by atoms with Crippen LogP contribution in [-0.2, 0) is 0 Å². The topological polar surface area (TPSA) is 62.4 Å². The number of aromatic nitrogens is 2. The number of rotatable bonds is 2. The summed E-state index contributed by atoms with van der Waals surface area (Å²) in [5, 5.41) is 6.67. The molecule has 0 spiro atoms. The molecule has 6 nitrogen and oxygen atoms in total. The zero-order valence-electron chi connectivity index (χ0n) is 11.2. The predicted molar refractivity (Wildman–Crippen MR) is 80.0 cm³/mol. The second-order valence-electron chi connectivity index (χ2n) is 4.44. The van der Waals surface area contributed by atoms with Crippen LogP contribution in [0.5, 0.6) is 0 Å². The highest BCUT2D eigenvalue weighted by Crippen LogP contribution is 2.18. The van der Waals surface area contributed by atoms with E-state index in [0.717, 1.165) is 31.2 Å². The van der Waals surface area contributed by atoms with Gasteiger partial charge in [0.2, 0.25) is 6.26 Å². The van der Waals surface area contributed by atoms with E-state index in [4.69, 9.17) is 21.9 Å². The molecule has 1 fully saturated rings. The van der Waals surface area contributed by atoms with Crippen molar-refractivity contribution in [3.05, 3.63) is 35.6 Å². The van der Waals surface area contributed by atoms with Crippen LogP contribution in [0.1, 0.15) is 0 Å². The third kappa shape index (κ3) is 3.84. The van der Waals surface area contributed by atoms with Gasteiger partial charge in [0.1, 0.15) is 5.27 Å². The summed E-state index contributed by atoms with van der Waals surface area (Å²) >= 11 is 5.90. The van der Waals surface area contributed by atoms with Gasteiger partial charge >= 0.3 is 5.82 Å². The van der Waals surface area contributed by atoms with Crippen molar-refractivity contribution >= 4 is 35.5 Å². The van der Waals surface area contributed by atoms with Gasteiger partial charge < -0.3 is 21.8 Å². The summed E-state index contributed by atoms with van der Waals surface area (Å²) in [6.45, 7) is 3.48. The van der Waals surface area contributed by atoms with Gasteiger partial charge in [0.05, 0.1) is 13.1 Å². The second kappa shape index (κ2) is 7.59. The summed E-state index contributed by atoms with van der Waals surface area (Å²) in [6.07, 6.45) is 1.44. The minimum Gasteiger partial charge on any atom is -1.00 e. The van der Waals surface area contributed by atoms with Crippen LogP contribution in [0, 0.1) is 0 Å². The van der Waals surface area contributed by atoms with E-state index in [9.17, 15) is 0 Å². The maximum absolute atomic E-state index is 5.90. The zero-order valence-corrected chi connectivity index (χ0v) is 13.5. The molecule has 0 radical (unpaired) electrons. The Bertz CT molecular complexity index is 554. The van der Waals surface area contributed by atoms with Gasteiger partial charge in [-0.15, -0.1) is 12.4 Å². The minimum atomic E-state index is 0. The summed E-state index contributed by atoms with van der Waals surface area (Å²) in [7, 11) is 0. The fourth-order valence-corrected chi connectivity index (χ4v) is 2.35. The van der Waals surface area contributed by atoms with Gasteiger partial charge in [0, 0.05) is 28.6 Å². The molecule has 0 amide bonds. The first kappa shape index (κ1) is 17.7. The average Bonchev–Trinajstić information content (AvgIpc) is 2.86. The molecule has 2 N–H and O–H groups in total. The van der Waals surface area contributed by atoms with Crippen molar-refractivity contribution in [3.63, 3.8) is 0 Å². The van der Waals surface area contributed by atoms with Crippen molar-refractivity contribution in [1.82, 2.24) is 5.27 Å². The molecule has 3 rings (SSSR count). The second-order valence-corrected chi connectivity index (χ2v) is 4.87. The van der Waals surface area contributed by atoms with Crippen LogP contribution in [0.4, 0.5) is 11.5 Å². The van der Waals surface area contributed by atoms with E-state index in [1.807, 2.05) is 24.3 Å². The fourth-order valence-electron chi connectivity index (χ4n) is 2.23. The van der Waals surface area contributed by atoms with Crippen LogP contribution in [-0.4, -0.2) is 31.5 Å². The molecule has 1 aromatic heterocycles. The van der Waals surface area contributed by atoms with Crippen molar-refractivity contribution in [2.75, 3.05) is 41.8 Å². The number of halogens is 3. The predicted octanol–water partition coefficient (Wildman–Crippen LogP) is -1.92. The van der Waals surface area contributed by atoms with Crippen LogP contribution in [0.15, 0.2) is 35.1 Å². The molecule has 0 atom stereocenters. The largest absolute Gasteiger partial charge is 1.00 e. The maximum atomic E-state index is 5.90. The van der Waals surface area contributed by atoms with E-state index in [-0.39, 0.29) is 24.8 Å². The SMILES string of the molecule is Cl.Nc1con[n+]1N1CCN(c2ccc(Cl)cc2)CC1.[Cl-]. The maximum Gasteiger partial charge on any atom is 0.360 e. The number of hydrogen-bond donors (Lipinski definition) is 1. The number of nitrogens with zero attached hydrogens (tertiary/aromatic N) is 4. The third-order valence-corrected chi connectivity index (χ3v) is 3.50. The molecule has 1 aromatic carbocycles.